The number of rotatable bonds is 4. The molecule has 8 nitrogen and oxygen atoms in total. The second kappa shape index (κ2) is 5.68. The summed E-state index contributed by atoms with van der Waals surface area (Å²) in [4.78, 5) is 26.5. The Morgan fingerprint density at radius 3 is 2.58 bits per heavy atom. The fraction of sp³-hybridized carbons (Fsp3) is 0.636. The summed E-state index contributed by atoms with van der Waals surface area (Å²) in [6.07, 6.45) is 4.43. The maximum absolute atomic E-state index is 11.8. The van der Waals surface area contributed by atoms with Crippen LogP contribution in [0.3, 0.4) is 0 Å². The number of nitrogens with zero attached hydrogens (tertiary/aromatic N) is 3. The minimum atomic E-state index is -0.247. The summed E-state index contributed by atoms with van der Waals surface area (Å²) in [5.74, 6) is -0.284. The minimum absolute atomic E-state index is 0.0525. The Labute approximate surface area is 110 Å². The highest BCUT2D eigenvalue weighted by molar-refractivity contribution is 5.77. The zero-order valence-electron chi connectivity index (χ0n) is 10.6. The molecule has 0 bridgehead atoms. The van der Waals surface area contributed by atoms with Crippen molar-refractivity contribution in [3.05, 3.63) is 6.33 Å². The lowest BCUT2D eigenvalue weighted by Crippen LogP contribution is -2.41. The van der Waals surface area contributed by atoms with E-state index in [0.717, 1.165) is 25.7 Å². The highest BCUT2D eigenvalue weighted by Crippen LogP contribution is 2.23. The molecule has 1 saturated carbocycles. The maximum Gasteiger partial charge on any atom is 0.242 e. The lowest BCUT2D eigenvalue weighted by molar-refractivity contribution is -0.123. The summed E-state index contributed by atoms with van der Waals surface area (Å²) in [5, 5.41) is 6.76. The first kappa shape index (κ1) is 13.3. The van der Waals surface area contributed by atoms with E-state index in [1.165, 1.54) is 11.0 Å². The van der Waals surface area contributed by atoms with Crippen LogP contribution in [-0.2, 0) is 16.1 Å². The fourth-order valence-electron chi connectivity index (χ4n) is 2.33. The van der Waals surface area contributed by atoms with Crippen LogP contribution >= 0.6 is 0 Å². The lowest BCUT2D eigenvalue weighted by Gasteiger charge is -2.27. The fourth-order valence-corrected chi connectivity index (χ4v) is 2.33. The van der Waals surface area contributed by atoms with Crippen LogP contribution in [0.4, 0.5) is 5.95 Å². The molecule has 8 heteroatoms. The lowest BCUT2D eigenvalue weighted by atomic mass is 9.85. The molecule has 0 radical (unpaired) electrons. The Morgan fingerprint density at radius 2 is 2.05 bits per heavy atom. The van der Waals surface area contributed by atoms with Crippen LogP contribution in [-0.4, -0.2) is 32.6 Å². The topological polar surface area (TPSA) is 129 Å². The van der Waals surface area contributed by atoms with Crippen LogP contribution in [0.5, 0.6) is 0 Å². The molecule has 104 valence electrons. The molecule has 1 fully saturated rings. The van der Waals surface area contributed by atoms with Crippen molar-refractivity contribution >= 4 is 17.8 Å². The molecule has 1 aromatic heterocycles. The number of aromatic nitrogens is 3. The van der Waals surface area contributed by atoms with Gasteiger partial charge in [-0.25, -0.2) is 9.67 Å². The van der Waals surface area contributed by atoms with Gasteiger partial charge in [0, 0.05) is 12.0 Å². The molecule has 0 unspecified atom stereocenters. The van der Waals surface area contributed by atoms with Gasteiger partial charge in [0.2, 0.25) is 17.8 Å². The minimum Gasteiger partial charge on any atom is -0.369 e. The van der Waals surface area contributed by atoms with Gasteiger partial charge in [-0.1, -0.05) is 0 Å². The summed E-state index contributed by atoms with van der Waals surface area (Å²) in [6, 6.07) is 0.101. The molecule has 1 aliphatic rings. The smallest absolute Gasteiger partial charge is 0.242 e. The van der Waals surface area contributed by atoms with Crippen LogP contribution in [0, 0.1) is 5.92 Å². The zero-order valence-corrected chi connectivity index (χ0v) is 10.6. The molecule has 1 aliphatic carbocycles. The number of nitrogens with two attached hydrogens (primary N) is 2. The molecule has 19 heavy (non-hydrogen) atoms. The van der Waals surface area contributed by atoms with Crippen LogP contribution in [0.25, 0.3) is 0 Å². The number of carbonyl (C=O) groups excluding carboxylic acids is 2. The van der Waals surface area contributed by atoms with E-state index in [-0.39, 0.29) is 36.3 Å². The second-order valence-electron chi connectivity index (χ2n) is 4.82. The third-order valence-electron chi connectivity index (χ3n) is 3.35. The number of nitrogens with one attached hydrogen (secondary N) is 1. The SMILES string of the molecule is NC(=O)C1CCC(NC(=O)Cn2cnc(N)n2)CC1. The summed E-state index contributed by atoms with van der Waals surface area (Å²) in [7, 11) is 0. The number of amides is 2. The van der Waals surface area contributed by atoms with E-state index in [9.17, 15) is 9.59 Å². The molecule has 0 atom stereocenters. The molecule has 1 aromatic rings. The van der Waals surface area contributed by atoms with Crippen LogP contribution in [0.2, 0.25) is 0 Å². The normalized spacial score (nSPS) is 22.9. The van der Waals surface area contributed by atoms with Crippen molar-refractivity contribution in [2.75, 3.05) is 5.73 Å². The Kier molecular flexibility index (Phi) is 3.98. The van der Waals surface area contributed by atoms with E-state index in [1.54, 1.807) is 0 Å². The quantitative estimate of drug-likeness (QED) is 0.645. The van der Waals surface area contributed by atoms with Gasteiger partial charge in [0.15, 0.2) is 0 Å². The number of primary amides is 1. The first-order valence-corrected chi connectivity index (χ1v) is 6.28. The average Bonchev–Trinajstić information content (AvgIpc) is 2.75. The third-order valence-corrected chi connectivity index (χ3v) is 3.35. The van der Waals surface area contributed by atoms with Crippen LogP contribution < -0.4 is 16.8 Å². The van der Waals surface area contributed by atoms with Gasteiger partial charge in [-0.15, -0.1) is 5.10 Å². The monoisotopic (exact) mass is 266 g/mol. The number of nitrogen functional groups attached to an aromatic ring is 1. The predicted octanol–water partition coefficient (Wildman–Crippen LogP) is -0.979. The van der Waals surface area contributed by atoms with E-state index in [1.807, 2.05) is 0 Å². The summed E-state index contributed by atoms with van der Waals surface area (Å²) in [6.45, 7) is 0.0972. The summed E-state index contributed by atoms with van der Waals surface area (Å²) in [5.41, 5.74) is 10.6. The molecule has 1 heterocycles. The Bertz CT molecular complexity index is 464. The van der Waals surface area contributed by atoms with Gasteiger partial charge in [-0.05, 0) is 25.7 Å². The third kappa shape index (κ3) is 3.67. The van der Waals surface area contributed by atoms with Gasteiger partial charge in [0.25, 0.3) is 0 Å². The largest absolute Gasteiger partial charge is 0.369 e. The molecular formula is C11H18N6O2. The zero-order chi connectivity index (χ0) is 13.8. The van der Waals surface area contributed by atoms with Gasteiger partial charge in [0.1, 0.15) is 12.9 Å². The summed E-state index contributed by atoms with van der Waals surface area (Å²) >= 11 is 0. The van der Waals surface area contributed by atoms with Gasteiger partial charge >= 0.3 is 0 Å². The summed E-state index contributed by atoms with van der Waals surface area (Å²) < 4.78 is 1.39. The first-order chi connectivity index (χ1) is 9.04. The highest BCUT2D eigenvalue weighted by Gasteiger charge is 2.25. The molecular weight excluding hydrogens is 248 g/mol. The van der Waals surface area contributed by atoms with E-state index in [0.29, 0.717) is 0 Å². The second-order valence-corrected chi connectivity index (χ2v) is 4.82. The van der Waals surface area contributed by atoms with Gasteiger partial charge in [-0.3, -0.25) is 9.59 Å². The van der Waals surface area contributed by atoms with Crippen LogP contribution in [0.1, 0.15) is 25.7 Å². The Morgan fingerprint density at radius 1 is 1.37 bits per heavy atom. The number of hydrogen-bond donors (Lipinski definition) is 3. The molecule has 5 N–H and O–H groups in total. The van der Waals surface area contributed by atoms with E-state index in [4.69, 9.17) is 11.5 Å². The number of carbonyl (C=O) groups is 2. The van der Waals surface area contributed by atoms with E-state index in [2.05, 4.69) is 15.4 Å². The average molecular weight is 266 g/mol. The Hall–Kier alpha value is -2.12. The van der Waals surface area contributed by atoms with E-state index >= 15 is 0 Å². The maximum atomic E-state index is 11.8. The van der Waals surface area contributed by atoms with E-state index < -0.39 is 0 Å². The first-order valence-electron chi connectivity index (χ1n) is 6.28. The predicted molar refractivity (Wildman–Crippen MR) is 67.5 cm³/mol. The molecule has 0 aliphatic heterocycles. The Balaban J connectivity index is 1.76. The van der Waals surface area contributed by atoms with Gasteiger partial charge < -0.3 is 16.8 Å². The van der Waals surface area contributed by atoms with Crippen molar-refractivity contribution in [2.45, 2.75) is 38.3 Å². The molecule has 2 rings (SSSR count). The molecule has 2 amide bonds. The van der Waals surface area contributed by atoms with Crippen molar-refractivity contribution in [1.29, 1.82) is 0 Å². The molecule has 0 aromatic carbocycles. The number of hydrogen-bond acceptors (Lipinski definition) is 5. The van der Waals surface area contributed by atoms with Gasteiger partial charge in [-0.2, -0.15) is 0 Å². The standard InChI is InChI=1S/C11H18N6O2/c12-10(19)7-1-3-8(4-2-7)15-9(18)5-17-6-14-11(13)16-17/h6-8H,1-5H2,(H2,12,19)(H2,13,16)(H,15,18). The van der Waals surface area contributed by atoms with Crippen molar-refractivity contribution in [2.24, 2.45) is 11.7 Å². The van der Waals surface area contributed by atoms with Crippen molar-refractivity contribution in [3.8, 4) is 0 Å². The van der Waals surface area contributed by atoms with Crippen molar-refractivity contribution in [1.82, 2.24) is 20.1 Å². The van der Waals surface area contributed by atoms with Crippen molar-refractivity contribution in [3.63, 3.8) is 0 Å². The van der Waals surface area contributed by atoms with Gasteiger partial charge in [0.05, 0.1) is 0 Å². The molecule has 0 saturated heterocycles. The highest BCUT2D eigenvalue weighted by atomic mass is 16.2. The molecule has 0 spiro atoms. The van der Waals surface area contributed by atoms with Crippen molar-refractivity contribution < 1.29 is 9.59 Å². The number of anilines is 1. The van der Waals surface area contributed by atoms with Crippen LogP contribution in [0.15, 0.2) is 6.33 Å².